The van der Waals surface area contributed by atoms with Crippen molar-refractivity contribution >= 4 is 21.9 Å². The molecule has 0 spiro atoms. The molecule has 8 heteroatoms. The lowest BCUT2D eigenvalue weighted by atomic mass is 10.1. The summed E-state index contributed by atoms with van der Waals surface area (Å²) in [5.41, 5.74) is 0.642. The summed E-state index contributed by atoms with van der Waals surface area (Å²) in [7, 11) is -3.72. The van der Waals surface area contributed by atoms with Crippen molar-refractivity contribution in [1.82, 2.24) is 10.0 Å². The Balaban J connectivity index is 2.24. The largest absolute Gasteiger partial charge is 0.480 e. The summed E-state index contributed by atoms with van der Waals surface area (Å²) in [6.45, 7) is 3.00. The minimum atomic E-state index is -3.72. The maximum atomic E-state index is 12.6. The second-order valence-corrected chi connectivity index (χ2v) is 7.80. The summed E-state index contributed by atoms with van der Waals surface area (Å²) in [5.74, 6) is -1.78. The number of rotatable bonds is 6. The molecule has 132 valence electrons. The summed E-state index contributed by atoms with van der Waals surface area (Å²) in [5, 5.41) is 11.2. The van der Waals surface area contributed by atoms with Crippen LogP contribution in [0.2, 0.25) is 0 Å². The third-order valence-electron chi connectivity index (χ3n) is 4.13. The summed E-state index contributed by atoms with van der Waals surface area (Å²) >= 11 is 0. The second kappa shape index (κ2) is 7.31. The van der Waals surface area contributed by atoms with Gasteiger partial charge in [-0.2, -0.15) is 0 Å². The van der Waals surface area contributed by atoms with Crippen molar-refractivity contribution < 1.29 is 23.1 Å². The molecule has 1 saturated carbocycles. The van der Waals surface area contributed by atoms with E-state index in [2.05, 4.69) is 10.0 Å². The molecule has 24 heavy (non-hydrogen) atoms. The van der Waals surface area contributed by atoms with Crippen LogP contribution in [-0.2, 0) is 14.8 Å². The predicted octanol–water partition coefficient (Wildman–Crippen LogP) is 1.42. The van der Waals surface area contributed by atoms with Gasteiger partial charge in [-0.3, -0.25) is 9.59 Å². The van der Waals surface area contributed by atoms with Gasteiger partial charge in [0, 0.05) is 11.6 Å². The fourth-order valence-corrected chi connectivity index (χ4v) is 4.27. The lowest BCUT2D eigenvalue weighted by molar-refractivity contribution is -0.138. The van der Waals surface area contributed by atoms with Gasteiger partial charge in [-0.25, -0.2) is 13.1 Å². The maximum absolute atomic E-state index is 12.6. The van der Waals surface area contributed by atoms with Gasteiger partial charge in [-0.15, -0.1) is 0 Å². The fourth-order valence-electron chi connectivity index (χ4n) is 2.70. The molecule has 0 aliphatic heterocycles. The normalized spacial score (nSPS) is 16.8. The van der Waals surface area contributed by atoms with E-state index in [1.807, 2.05) is 0 Å². The first-order valence-corrected chi connectivity index (χ1v) is 9.35. The molecule has 1 amide bonds. The summed E-state index contributed by atoms with van der Waals surface area (Å²) in [6.07, 6.45) is 3.63. The highest BCUT2D eigenvalue weighted by molar-refractivity contribution is 7.89. The van der Waals surface area contributed by atoms with Crippen LogP contribution >= 0.6 is 0 Å². The average molecular weight is 354 g/mol. The van der Waals surface area contributed by atoms with Crippen molar-refractivity contribution in [2.75, 3.05) is 0 Å². The van der Waals surface area contributed by atoms with Gasteiger partial charge in [0.1, 0.15) is 6.04 Å². The number of aliphatic carboxylic acids is 1. The third kappa shape index (κ3) is 4.33. The molecule has 1 aliphatic carbocycles. The summed E-state index contributed by atoms with van der Waals surface area (Å²) in [6, 6.07) is 3.18. The predicted molar refractivity (Wildman–Crippen MR) is 88.3 cm³/mol. The number of aryl methyl sites for hydroxylation is 1. The second-order valence-electron chi connectivity index (χ2n) is 6.12. The Morgan fingerprint density at radius 2 is 1.88 bits per heavy atom. The number of nitrogens with one attached hydrogen (secondary N) is 2. The molecule has 0 saturated heterocycles. The Bertz CT molecular complexity index is 739. The molecule has 7 nitrogen and oxygen atoms in total. The molecule has 0 bridgehead atoms. The molecule has 1 aromatic carbocycles. The van der Waals surface area contributed by atoms with E-state index in [-0.39, 0.29) is 16.5 Å². The molecule has 0 unspecified atom stereocenters. The van der Waals surface area contributed by atoms with Crippen LogP contribution in [0.5, 0.6) is 0 Å². The molecule has 2 rings (SSSR count). The van der Waals surface area contributed by atoms with Gasteiger partial charge in [-0.1, -0.05) is 18.9 Å². The average Bonchev–Trinajstić information content (AvgIpc) is 2.99. The van der Waals surface area contributed by atoms with E-state index in [9.17, 15) is 18.0 Å². The van der Waals surface area contributed by atoms with Gasteiger partial charge in [0.2, 0.25) is 10.0 Å². The van der Waals surface area contributed by atoms with E-state index in [0.717, 1.165) is 25.7 Å². The van der Waals surface area contributed by atoms with E-state index in [1.54, 1.807) is 13.0 Å². The zero-order valence-corrected chi connectivity index (χ0v) is 14.5. The minimum Gasteiger partial charge on any atom is -0.480 e. The Morgan fingerprint density at radius 1 is 1.25 bits per heavy atom. The molecule has 0 aromatic heterocycles. The zero-order valence-electron chi connectivity index (χ0n) is 13.7. The van der Waals surface area contributed by atoms with E-state index in [0.29, 0.717) is 5.56 Å². The molecule has 3 N–H and O–H groups in total. The molecular formula is C16H22N2O5S. The number of hydrogen-bond acceptors (Lipinski definition) is 4. The van der Waals surface area contributed by atoms with Crippen molar-refractivity contribution in [2.24, 2.45) is 0 Å². The van der Waals surface area contributed by atoms with E-state index < -0.39 is 27.9 Å². The number of carboxylic acid groups (broad SMARTS) is 1. The van der Waals surface area contributed by atoms with Crippen molar-refractivity contribution in [1.29, 1.82) is 0 Å². The van der Waals surface area contributed by atoms with Crippen LogP contribution in [0.4, 0.5) is 0 Å². The molecule has 0 heterocycles. The summed E-state index contributed by atoms with van der Waals surface area (Å²) in [4.78, 5) is 23.0. The van der Waals surface area contributed by atoms with Gasteiger partial charge in [-0.05, 0) is 44.4 Å². The van der Waals surface area contributed by atoms with Crippen LogP contribution in [0.3, 0.4) is 0 Å². The first-order chi connectivity index (χ1) is 11.2. The van der Waals surface area contributed by atoms with Crippen molar-refractivity contribution in [3.63, 3.8) is 0 Å². The van der Waals surface area contributed by atoms with Gasteiger partial charge in [0.05, 0.1) is 4.90 Å². The fraction of sp³-hybridized carbons (Fsp3) is 0.500. The highest BCUT2D eigenvalue weighted by atomic mass is 32.2. The quantitative estimate of drug-likeness (QED) is 0.715. The molecular weight excluding hydrogens is 332 g/mol. The van der Waals surface area contributed by atoms with Crippen molar-refractivity contribution in [3.8, 4) is 0 Å². The van der Waals surface area contributed by atoms with Crippen LogP contribution in [0.25, 0.3) is 0 Å². The van der Waals surface area contributed by atoms with Crippen molar-refractivity contribution in [2.45, 2.75) is 56.5 Å². The number of sulfonamides is 1. The van der Waals surface area contributed by atoms with Crippen LogP contribution in [0, 0.1) is 6.92 Å². The summed E-state index contributed by atoms with van der Waals surface area (Å²) < 4.78 is 27.8. The van der Waals surface area contributed by atoms with E-state index in [1.165, 1.54) is 19.1 Å². The van der Waals surface area contributed by atoms with Crippen molar-refractivity contribution in [3.05, 3.63) is 29.3 Å². The third-order valence-corrected chi connectivity index (χ3v) is 5.80. The highest BCUT2D eigenvalue weighted by Gasteiger charge is 2.25. The monoisotopic (exact) mass is 354 g/mol. The Kier molecular flexibility index (Phi) is 5.61. The molecule has 1 fully saturated rings. The number of benzene rings is 1. The maximum Gasteiger partial charge on any atom is 0.325 e. The topological polar surface area (TPSA) is 113 Å². The minimum absolute atomic E-state index is 0.0463. The zero-order chi connectivity index (χ0) is 17.9. The number of carbonyl (C=O) groups excluding carboxylic acids is 1. The number of carbonyl (C=O) groups is 2. The highest BCUT2D eigenvalue weighted by Crippen LogP contribution is 2.22. The van der Waals surface area contributed by atoms with Crippen LogP contribution in [0.1, 0.15) is 48.5 Å². The number of amides is 1. The molecule has 0 radical (unpaired) electrons. The molecule has 1 aliphatic rings. The molecule has 1 aromatic rings. The Labute approximate surface area is 141 Å². The molecule has 1 atom stereocenters. The number of carboxylic acids is 1. The lowest BCUT2D eigenvalue weighted by Crippen LogP contribution is -2.38. The van der Waals surface area contributed by atoms with Crippen LogP contribution in [-0.4, -0.2) is 37.5 Å². The van der Waals surface area contributed by atoms with E-state index >= 15 is 0 Å². The standard InChI is InChI=1S/C16H22N2O5S/c1-10-7-8-12(15(19)17-11(2)16(20)21)9-14(10)24(22,23)18-13-5-3-4-6-13/h7-9,11,13,18H,3-6H2,1-2H3,(H,17,19)(H,20,21)/t11-/m0/s1. The van der Waals surface area contributed by atoms with Gasteiger partial charge in [0.15, 0.2) is 0 Å². The SMILES string of the molecule is Cc1ccc(C(=O)N[C@@H](C)C(=O)O)cc1S(=O)(=O)NC1CCCC1. The number of hydrogen-bond donors (Lipinski definition) is 3. The first-order valence-electron chi connectivity index (χ1n) is 7.87. The van der Waals surface area contributed by atoms with Crippen LogP contribution in [0.15, 0.2) is 23.1 Å². The lowest BCUT2D eigenvalue weighted by Gasteiger charge is -2.15. The van der Waals surface area contributed by atoms with Gasteiger partial charge < -0.3 is 10.4 Å². The Morgan fingerprint density at radius 3 is 2.46 bits per heavy atom. The smallest absolute Gasteiger partial charge is 0.325 e. The Hall–Kier alpha value is -1.93. The first kappa shape index (κ1) is 18.4. The van der Waals surface area contributed by atoms with Gasteiger partial charge in [0.25, 0.3) is 5.91 Å². The van der Waals surface area contributed by atoms with Crippen LogP contribution < -0.4 is 10.0 Å². The van der Waals surface area contributed by atoms with E-state index in [4.69, 9.17) is 5.11 Å². The van der Waals surface area contributed by atoms with Gasteiger partial charge >= 0.3 is 5.97 Å².